The lowest BCUT2D eigenvalue weighted by Gasteiger charge is -2.45. The first-order chi connectivity index (χ1) is 15.4. The first kappa shape index (κ1) is 21.5. The zero-order chi connectivity index (χ0) is 22.7. The molecular weight excluding hydrogens is 420 g/mol. The van der Waals surface area contributed by atoms with Crippen molar-refractivity contribution in [2.75, 3.05) is 18.9 Å². The van der Waals surface area contributed by atoms with E-state index in [1.807, 2.05) is 42.6 Å². The molecule has 1 aliphatic rings. The van der Waals surface area contributed by atoms with Crippen molar-refractivity contribution >= 4 is 28.9 Å². The van der Waals surface area contributed by atoms with Crippen molar-refractivity contribution in [2.45, 2.75) is 18.9 Å². The van der Waals surface area contributed by atoms with Gasteiger partial charge >= 0.3 is 0 Å². The van der Waals surface area contributed by atoms with Gasteiger partial charge in [0.25, 0.3) is 0 Å². The van der Waals surface area contributed by atoms with Crippen molar-refractivity contribution in [1.29, 1.82) is 10.7 Å². The number of rotatable bonds is 6. The Balaban J connectivity index is 1.61. The summed E-state index contributed by atoms with van der Waals surface area (Å²) in [5.41, 5.74) is 2.75. The molecule has 3 aromatic rings. The highest BCUT2D eigenvalue weighted by molar-refractivity contribution is 7.10. The standard InChI is InChI=1S/C24H24N6OS/c1-24(21-12-18(15-32-21)17-6-3-5-16(11-17)13-25)20(22(31)30(2)23(26)29-24)8-10-28-19-7-4-9-27-14-19/h3-7,9,11-12,14-15,20,28H,8,10H2,1-2H3,(H2,26,29)/t20?,24-/m0/s1. The highest BCUT2D eigenvalue weighted by Gasteiger charge is 2.47. The quantitative estimate of drug-likeness (QED) is 0.533. The maximum absolute atomic E-state index is 13.2. The molecule has 1 unspecified atom stereocenters. The normalized spacial score (nSPS) is 20.5. The smallest absolute Gasteiger partial charge is 0.234 e. The molecule has 3 heterocycles. The molecule has 7 nitrogen and oxygen atoms in total. The first-order valence-corrected chi connectivity index (χ1v) is 11.2. The summed E-state index contributed by atoms with van der Waals surface area (Å²) >= 11 is 1.56. The van der Waals surface area contributed by atoms with Crippen LogP contribution in [0.2, 0.25) is 0 Å². The minimum absolute atomic E-state index is 0.0781. The van der Waals surface area contributed by atoms with Gasteiger partial charge in [-0.15, -0.1) is 11.3 Å². The van der Waals surface area contributed by atoms with Crippen molar-refractivity contribution < 1.29 is 4.79 Å². The van der Waals surface area contributed by atoms with E-state index in [0.29, 0.717) is 18.5 Å². The van der Waals surface area contributed by atoms with Crippen LogP contribution < -0.4 is 10.6 Å². The molecule has 162 valence electrons. The fourth-order valence-corrected chi connectivity index (χ4v) is 5.10. The maximum atomic E-state index is 13.2. The number of aromatic nitrogens is 1. The van der Waals surface area contributed by atoms with Gasteiger partial charge in [-0.1, -0.05) is 12.1 Å². The first-order valence-electron chi connectivity index (χ1n) is 10.3. The molecule has 2 aromatic heterocycles. The second-order valence-corrected chi connectivity index (χ2v) is 8.89. The van der Waals surface area contributed by atoms with Gasteiger partial charge in [-0.3, -0.25) is 20.1 Å². The average Bonchev–Trinajstić information content (AvgIpc) is 3.32. The van der Waals surface area contributed by atoms with Crippen molar-refractivity contribution in [3.8, 4) is 17.2 Å². The van der Waals surface area contributed by atoms with Gasteiger partial charge in [0.2, 0.25) is 5.91 Å². The minimum atomic E-state index is -0.715. The number of carbonyl (C=O) groups excluding carboxylic acids is 1. The fourth-order valence-electron chi connectivity index (χ4n) is 4.01. The van der Waals surface area contributed by atoms with Crippen molar-refractivity contribution in [3.05, 3.63) is 70.7 Å². The highest BCUT2D eigenvalue weighted by atomic mass is 32.1. The molecule has 3 N–H and O–H groups in total. The van der Waals surface area contributed by atoms with Crippen LogP contribution in [0.25, 0.3) is 11.1 Å². The van der Waals surface area contributed by atoms with Gasteiger partial charge in [-0.25, -0.2) is 0 Å². The Morgan fingerprint density at radius 3 is 2.91 bits per heavy atom. The number of hydrogen-bond donors (Lipinski definition) is 3. The molecule has 2 atom stereocenters. The summed E-state index contributed by atoms with van der Waals surface area (Å²) in [5.74, 6) is -0.344. The summed E-state index contributed by atoms with van der Waals surface area (Å²) in [4.78, 5) is 19.7. The second kappa shape index (κ2) is 8.81. The molecule has 0 saturated carbocycles. The number of amides is 1. The average molecular weight is 445 g/mol. The van der Waals surface area contributed by atoms with Crippen LogP contribution in [0, 0.1) is 22.7 Å². The van der Waals surface area contributed by atoms with Crippen LogP contribution in [-0.2, 0) is 10.3 Å². The van der Waals surface area contributed by atoms with Crippen LogP contribution >= 0.6 is 11.3 Å². The van der Waals surface area contributed by atoms with E-state index >= 15 is 0 Å². The molecule has 0 spiro atoms. The maximum Gasteiger partial charge on any atom is 0.234 e. The third-order valence-corrected chi connectivity index (χ3v) is 7.07. The number of hydrogen-bond acceptors (Lipinski definition) is 6. The van der Waals surface area contributed by atoms with Crippen LogP contribution in [-0.4, -0.2) is 35.3 Å². The Labute approximate surface area is 191 Å². The number of nitriles is 1. The van der Waals surface area contributed by atoms with Gasteiger partial charge in [-0.2, -0.15) is 5.26 Å². The van der Waals surface area contributed by atoms with Crippen LogP contribution in [0.3, 0.4) is 0 Å². The fraction of sp³-hybridized carbons (Fsp3) is 0.250. The van der Waals surface area contributed by atoms with E-state index in [1.165, 1.54) is 4.90 Å². The van der Waals surface area contributed by atoms with E-state index in [9.17, 15) is 10.1 Å². The molecular formula is C24H24N6OS. The molecule has 1 fully saturated rings. The zero-order valence-corrected chi connectivity index (χ0v) is 18.7. The van der Waals surface area contributed by atoms with Crippen LogP contribution in [0.4, 0.5) is 5.69 Å². The van der Waals surface area contributed by atoms with E-state index in [1.54, 1.807) is 36.8 Å². The van der Waals surface area contributed by atoms with Crippen molar-refractivity contribution in [2.24, 2.45) is 5.92 Å². The van der Waals surface area contributed by atoms with Crippen molar-refractivity contribution in [3.63, 3.8) is 0 Å². The van der Waals surface area contributed by atoms with E-state index in [4.69, 9.17) is 5.41 Å². The van der Waals surface area contributed by atoms with Gasteiger partial charge in [0.1, 0.15) is 0 Å². The molecule has 1 saturated heterocycles. The van der Waals surface area contributed by atoms with Gasteiger partial charge in [0.15, 0.2) is 5.96 Å². The van der Waals surface area contributed by atoms with Crippen LogP contribution in [0.5, 0.6) is 0 Å². The summed E-state index contributed by atoms with van der Waals surface area (Å²) < 4.78 is 0. The molecule has 32 heavy (non-hydrogen) atoms. The van der Waals surface area contributed by atoms with Crippen molar-refractivity contribution in [1.82, 2.24) is 15.2 Å². The van der Waals surface area contributed by atoms with Gasteiger partial charge in [0, 0.05) is 30.9 Å². The zero-order valence-electron chi connectivity index (χ0n) is 17.9. The molecule has 8 heteroatoms. The molecule has 1 aliphatic heterocycles. The summed E-state index contributed by atoms with van der Waals surface area (Å²) in [6.45, 7) is 2.59. The van der Waals surface area contributed by atoms with Gasteiger partial charge in [-0.05, 0) is 60.2 Å². The number of anilines is 1. The lowest BCUT2D eigenvalue weighted by Crippen LogP contribution is -2.63. The number of benzene rings is 1. The van der Waals surface area contributed by atoms with E-state index in [-0.39, 0.29) is 17.8 Å². The molecule has 4 rings (SSSR count). The predicted octanol–water partition coefficient (Wildman–Crippen LogP) is 4.01. The van der Waals surface area contributed by atoms with Crippen LogP contribution in [0.15, 0.2) is 60.2 Å². The third kappa shape index (κ3) is 4.07. The van der Waals surface area contributed by atoms with E-state index in [2.05, 4.69) is 27.8 Å². The highest BCUT2D eigenvalue weighted by Crippen LogP contribution is 2.41. The molecule has 1 aromatic carbocycles. The number of carbonyl (C=O) groups is 1. The van der Waals surface area contributed by atoms with Gasteiger partial charge in [0.05, 0.1) is 28.8 Å². The summed E-state index contributed by atoms with van der Waals surface area (Å²) in [6, 6.07) is 15.5. The van der Waals surface area contributed by atoms with E-state index in [0.717, 1.165) is 21.7 Å². The topological polar surface area (TPSA) is 105 Å². The minimum Gasteiger partial charge on any atom is -0.384 e. The number of pyridine rings is 1. The summed E-state index contributed by atoms with van der Waals surface area (Å²) in [5, 5.41) is 26.2. The number of nitrogens with zero attached hydrogens (tertiary/aromatic N) is 3. The predicted molar refractivity (Wildman–Crippen MR) is 126 cm³/mol. The Bertz CT molecular complexity index is 1180. The number of guanidine groups is 1. The second-order valence-electron chi connectivity index (χ2n) is 7.98. The Morgan fingerprint density at radius 1 is 1.31 bits per heavy atom. The Hall–Kier alpha value is -3.70. The largest absolute Gasteiger partial charge is 0.384 e. The SMILES string of the molecule is CN1C(=N)N[C@](C)(c2cc(-c3cccc(C#N)c3)cs2)C(CCNc2cccnc2)C1=O. The van der Waals surface area contributed by atoms with Gasteiger partial charge < -0.3 is 10.6 Å². The monoisotopic (exact) mass is 444 g/mol. The van der Waals surface area contributed by atoms with Crippen LogP contribution in [0.1, 0.15) is 23.8 Å². The summed E-state index contributed by atoms with van der Waals surface area (Å²) in [7, 11) is 1.63. The molecule has 0 bridgehead atoms. The molecule has 0 aliphatic carbocycles. The molecule has 1 amide bonds. The van der Waals surface area contributed by atoms with E-state index < -0.39 is 5.54 Å². The third-order valence-electron chi connectivity index (χ3n) is 5.90. The molecule has 0 radical (unpaired) electrons. The lowest BCUT2D eigenvalue weighted by atomic mass is 9.79. The number of nitrogens with one attached hydrogen (secondary N) is 3. The lowest BCUT2D eigenvalue weighted by molar-refractivity contribution is -0.135. The Kier molecular flexibility index (Phi) is 5.93. The summed E-state index contributed by atoms with van der Waals surface area (Å²) in [6.07, 6.45) is 4.06. The number of thiophene rings is 1. The Morgan fingerprint density at radius 2 is 2.16 bits per heavy atom.